The Hall–Kier alpha value is -1.82. The van der Waals surface area contributed by atoms with Crippen LogP contribution in [0.3, 0.4) is 0 Å². The highest BCUT2D eigenvalue weighted by atomic mass is 79.9. The minimum Gasteiger partial charge on any atom is -0.362 e. The lowest BCUT2D eigenvalue weighted by atomic mass is 10.2. The Bertz CT molecular complexity index is 764. The second kappa shape index (κ2) is 6.30. The summed E-state index contributed by atoms with van der Waals surface area (Å²) in [6.07, 6.45) is 1.60. The molecule has 2 aromatic rings. The summed E-state index contributed by atoms with van der Waals surface area (Å²) < 4.78 is 3.57. The van der Waals surface area contributed by atoms with E-state index < -0.39 is 0 Å². The van der Waals surface area contributed by atoms with Crippen molar-refractivity contribution in [2.75, 3.05) is 11.4 Å². The van der Waals surface area contributed by atoms with Crippen LogP contribution in [0, 0.1) is 0 Å². The topological polar surface area (TPSA) is 47.2 Å². The van der Waals surface area contributed by atoms with Crippen LogP contribution in [0.2, 0.25) is 0 Å². The summed E-state index contributed by atoms with van der Waals surface area (Å²) in [5.74, 6) is 0. The summed E-state index contributed by atoms with van der Waals surface area (Å²) in [7, 11) is 3.15. The number of hydrogen-bond acceptors (Lipinski definition) is 3. The maximum atomic E-state index is 12.3. The van der Waals surface area contributed by atoms with Gasteiger partial charge >= 0.3 is 5.69 Å². The molecule has 0 saturated heterocycles. The summed E-state index contributed by atoms with van der Waals surface area (Å²) in [5.41, 5.74) is 1.03. The normalized spacial score (nSPS) is 10.7. The Balaban J connectivity index is 2.46. The minimum absolute atomic E-state index is 0.271. The largest absolute Gasteiger partial charge is 0.362 e. The average molecular weight is 352 g/mol. The predicted octanol–water partition coefficient (Wildman–Crippen LogP) is 1.87. The highest BCUT2D eigenvalue weighted by Crippen LogP contribution is 2.19. The molecule has 0 unspecified atom stereocenters. The fourth-order valence-electron chi connectivity index (χ4n) is 2.21. The molecule has 21 heavy (non-hydrogen) atoms. The first-order valence-corrected chi connectivity index (χ1v) is 7.50. The highest BCUT2D eigenvalue weighted by Gasteiger charge is 2.14. The van der Waals surface area contributed by atoms with E-state index in [1.807, 2.05) is 36.1 Å². The molecular formula is C15H18BrN3O2. The van der Waals surface area contributed by atoms with Gasteiger partial charge in [0.1, 0.15) is 5.69 Å². The van der Waals surface area contributed by atoms with Crippen molar-refractivity contribution >= 4 is 21.6 Å². The van der Waals surface area contributed by atoms with Crippen molar-refractivity contribution in [1.29, 1.82) is 0 Å². The van der Waals surface area contributed by atoms with E-state index in [1.165, 1.54) is 11.6 Å². The van der Waals surface area contributed by atoms with E-state index in [0.29, 0.717) is 18.8 Å². The molecule has 0 atom stereocenters. The summed E-state index contributed by atoms with van der Waals surface area (Å²) in [5, 5.41) is 0. The van der Waals surface area contributed by atoms with E-state index in [4.69, 9.17) is 0 Å². The van der Waals surface area contributed by atoms with Crippen molar-refractivity contribution in [3.05, 3.63) is 61.3 Å². The zero-order valence-corrected chi connectivity index (χ0v) is 13.9. The zero-order chi connectivity index (χ0) is 15.6. The van der Waals surface area contributed by atoms with E-state index in [-0.39, 0.29) is 11.2 Å². The monoisotopic (exact) mass is 351 g/mol. The van der Waals surface area contributed by atoms with Crippen molar-refractivity contribution in [2.24, 2.45) is 14.1 Å². The van der Waals surface area contributed by atoms with E-state index in [1.54, 1.807) is 13.2 Å². The molecule has 2 rings (SSSR count). The Morgan fingerprint density at radius 3 is 2.48 bits per heavy atom. The van der Waals surface area contributed by atoms with Crippen LogP contribution >= 0.6 is 15.9 Å². The Labute approximate surface area is 131 Å². The number of aryl methyl sites for hydroxylation is 1. The number of benzene rings is 1. The second-order valence-corrected chi connectivity index (χ2v) is 5.73. The third-order valence-electron chi connectivity index (χ3n) is 3.47. The molecule has 0 aliphatic rings. The molecule has 0 N–H and O–H groups in total. The van der Waals surface area contributed by atoms with Crippen molar-refractivity contribution in [3.63, 3.8) is 0 Å². The standard InChI is InChI=1S/C15H18BrN3O2/c1-4-19(9-11-7-5-6-8-12(11)16)13-10-17(2)15(21)18(3)14(13)20/h5-8,10H,4,9H2,1-3H3. The molecule has 0 spiro atoms. The van der Waals surface area contributed by atoms with Gasteiger partial charge < -0.3 is 9.47 Å². The Kier molecular flexibility index (Phi) is 4.67. The summed E-state index contributed by atoms with van der Waals surface area (Å²) in [6.45, 7) is 3.27. The van der Waals surface area contributed by atoms with Crippen LogP contribution in [0.5, 0.6) is 0 Å². The van der Waals surface area contributed by atoms with E-state index in [9.17, 15) is 9.59 Å². The number of aromatic nitrogens is 2. The van der Waals surface area contributed by atoms with Crippen molar-refractivity contribution < 1.29 is 0 Å². The van der Waals surface area contributed by atoms with E-state index in [0.717, 1.165) is 14.6 Å². The van der Waals surface area contributed by atoms with Crippen LogP contribution < -0.4 is 16.1 Å². The van der Waals surface area contributed by atoms with Gasteiger partial charge in [-0.25, -0.2) is 4.79 Å². The fraction of sp³-hybridized carbons (Fsp3) is 0.333. The lowest BCUT2D eigenvalue weighted by molar-refractivity contribution is 0.671. The molecule has 0 aliphatic carbocycles. The molecule has 1 aromatic heterocycles. The van der Waals surface area contributed by atoms with E-state index >= 15 is 0 Å². The van der Waals surface area contributed by atoms with Gasteiger partial charge in [0, 0.05) is 37.9 Å². The van der Waals surface area contributed by atoms with Crippen LogP contribution in [0.1, 0.15) is 12.5 Å². The van der Waals surface area contributed by atoms with Crippen LogP contribution in [0.15, 0.2) is 44.5 Å². The smallest absolute Gasteiger partial charge is 0.330 e. The van der Waals surface area contributed by atoms with Crippen LogP contribution in [-0.4, -0.2) is 15.7 Å². The van der Waals surface area contributed by atoms with Gasteiger partial charge in [0.25, 0.3) is 5.56 Å². The number of rotatable bonds is 4. The molecule has 1 aromatic carbocycles. The van der Waals surface area contributed by atoms with Gasteiger partial charge in [0.05, 0.1) is 0 Å². The van der Waals surface area contributed by atoms with Crippen molar-refractivity contribution in [2.45, 2.75) is 13.5 Å². The molecule has 6 heteroatoms. The molecule has 0 fully saturated rings. The molecule has 0 aliphatic heterocycles. The molecule has 112 valence electrons. The first-order chi connectivity index (χ1) is 9.95. The van der Waals surface area contributed by atoms with Crippen molar-refractivity contribution in [1.82, 2.24) is 9.13 Å². The Morgan fingerprint density at radius 1 is 1.19 bits per heavy atom. The quantitative estimate of drug-likeness (QED) is 0.844. The van der Waals surface area contributed by atoms with Gasteiger partial charge in [-0.3, -0.25) is 9.36 Å². The Morgan fingerprint density at radius 2 is 1.86 bits per heavy atom. The lowest BCUT2D eigenvalue weighted by Crippen LogP contribution is -2.40. The second-order valence-electron chi connectivity index (χ2n) is 4.88. The van der Waals surface area contributed by atoms with E-state index in [2.05, 4.69) is 15.9 Å². The van der Waals surface area contributed by atoms with Crippen LogP contribution in [0.4, 0.5) is 5.69 Å². The maximum Gasteiger partial charge on any atom is 0.330 e. The zero-order valence-electron chi connectivity index (χ0n) is 12.3. The van der Waals surface area contributed by atoms with Gasteiger partial charge in [-0.05, 0) is 18.6 Å². The number of nitrogens with zero attached hydrogens (tertiary/aromatic N) is 3. The minimum atomic E-state index is -0.319. The van der Waals surface area contributed by atoms with Crippen LogP contribution in [-0.2, 0) is 20.6 Å². The summed E-state index contributed by atoms with van der Waals surface area (Å²) in [4.78, 5) is 26.0. The number of hydrogen-bond donors (Lipinski definition) is 0. The third kappa shape index (κ3) is 3.10. The van der Waals surface area contributed by atoms with Crippen molar-refractivity contribution in [3.8, 4) is 0 Å². The fourth-order valence-corrected chi connectivity index (χ4v) is 2.62. The van der Waals surface area contributed by atoms with Gasteiger partial charge in [-0.2, -0.15) is 0 Å². The van der Waals surface area contributed by atoms with Gasteiger partial charge in [0.15, 0.2) is 0 Å². The first-order valence-electron chi connectivity index (χ1n) is 6.70. The molecule has 0 saturated carbocycles. The van der Waals surface area contributed by atoms with Gasteiger partial charge in [-0.15, -0.1) is 0 Å². The molecule has 1 heterocycles. The number of anilines is 1. The number of halogens is 1. The predicted molar refractivity (Wildman–Crippen MR) is 87.8 cm³/mol. The molecule has 0 amide bonds. The SMILES string of the molecule is CCN(Cc1ccccc1Br)c1cn(C)c(=O)n(C)c1=O. The molecular weight excluding hydrogens is 334 g/mol. The first kappa shape index (κ1) is 15.6. The molecule has 0 radical (unpaired) electrons. The van der Waals surface area contributed by atoms with Gasteiger partial charge in [0.2, 0.25) is 0 Å². The molecule has 0 bridgehead atoms. The molecule has 5 nitrogen and oxygen atoms in total. The average Bonchev–Trinajstić information content (AvgIpc) is 2.48. The third-order valence-corrected chi connectivity index (χ3v) is 4.24. The maximum absolute atomic E-state index is 12.3. The summed E-state index contributed by atoms with van der Waals surface area (Å²) in [6, 6.07) is 7.91. The van der Waals surface area contributed by atoms with Gasteiger partial charge in [-0.1, -0.05) is 34.1 Å². The summed E-state index contributed by atoms with van der Waals surface area (Å²) >= 11 is 3.52. The lowest BCUT2D eigenvalue weighted by Gasteiger charge is -2.23. The van der Waals surface area contributed by atoms with Crippen LogP contribution in [0.25, 0.3) is 0 Å². The highest BCUT2D eigenvalue weighted by molar-refractivity contribution is 9.10.